The Balaban J connectivity index is 1.81. The normalized spacial score (nSPS) is 29.4. The number of rotatable bonds is 1. The van der Waals surface area contributed by atoms with Gasteiger partial charge >= 0.3 is 0 Å². The largest absolute Gasteiger partial charge is 0.384 e. The monoisotopic (exact) mass is 232 g/mol. The molecule has 0 amide bonds. The molecule has 2 N–H and O–H groups in total. The van der Waals surface area contributed by atoms with Crippen molar-refractivity contribution in [1.29, 1.82) is 0 Å². The standard InChI is InChI=1S/C13H20N4/c1-16-10-2-3-12(16)9-17(7-5-10)11-4-6-15-13(14)8-11/h4,6,8,10,12H,2-3,5,7,9H2,1H3,(H2,14,15). The number of hydrogen-bond acceptors (Lipinski definition) is 4. The number of nitrogens with two attached hydrogens (primary N) is 1. The molecule has 2 aliphatic rings. The smallest absolute Gasteiger partial charge is 0.125 e. The Kier molecular flexibility index (Phi) is 2.67. The van der Waals surface area contributed by atoms with Gasteiger partial charge in [-0.2, -0.15) is 0 Å². The van der Waals surface area contributed by atoms with Crippen LogP contribution in [0, 0.1) is 0 Å². The summed E-state index contributed by atoms with van der Waals surface area (Å²) in [6.07, 6.45) is 5.76. The van der Waals surface area contributed by atoms with Gasteiger partial charge < -0.3 is 10.6 Å². The molecule has 0 radical (unpaired) electrons. The number of aromatic nitrogens is 1. The second-order valence-electron chi connectivity index (χ2n) is 5.22. The minimum atomic E-state index is 0.616. The molecule has 2 bridgehead atoms. The van der Waals surface area contributed by atoms with Crippen LogP contribution in [0.25, 0.3) is 0 Å². The molecule has 2 fully saturated rings. The molecule has 1 aromatic rings. The Morgan fingerprint density at radius 2 is 2.12 bits per heavy atom. The van der Waals surface area contributed by atoms with Crippen LogP contribution in [0.5, 0.6) is 0 Å². The fraction of sp³-hybridized carbons (Fsp3) is 0.615. The summed E-state index contributed by atoms with van der Waals surface area (Å²) in [6.45, 7) is 2.26. The number of fused-ring (bicyclic) bond motifs is 2. The van der Waals surface area contributed by atoms with Crippen LogP contribution in [-0.4, -0.2) is 42.1 Å². The third-order valence-corrected chi connectivity index (χ3v) is 4.28. The second-order valence-corrected chi connectivity index (χ2v) is 5.22. The summed E-state index contributed by atoms with van der Waals surface area (Å²) in [5.41, 5.74) is 6.98. The van der Waals surface area contributed by atoms with E-state index in [1.807, 2.05) is 6.07 Å². The summed E-state index contributed by atoms with van der Waals surface area (Å²) in [6, 6.07) is 5.54. The summed E-state index contributed by atoms with van der Waals surface area (Å²) >= 11 is 0. The van der Waals surface area contributed by atoms with Crippen molar-refractivity contribution in [3.8, 4) is 0 Å². The molecule has 2 unspecified atom stereocenters. The van der Waals surface area contributed by atoms with Gasteiger partial charge in [0.2, 0.25) is 0 Å². The van der Waals surface area contributed by atoms with Gasteiger partial charge in [-0.15, -0.1) is 0 Å². The van der Waals surface area contributed by atoms with E-state index in [1.165, 1.54) is 24.9 Å². The first kappa shape index (κ1) is 10.8. The van der Waals surface area contributed by atoms with E-state index >= 15 is 0 Å². The maximum absolute atomic E-state index is 5.76. The van der Waals surface area contributed by atoms with Crippen LogP contribution >= 0.6 is 0 Å². The zero-order chi connectivity index (χ0) is 11.8. The molecule has 92 valence electrons. The zero-order valence-corrected chi connectivity index (χ0v) is 10.3. The number of anilines is 2. The van der Waals surface area contributed by atoms with Gasteiger partial charge in [-0.3, -0.25) is 4.90 Å². The maximum atomic E-state index is 5.76. The number of likely N-dealkylation sites (N-methyl/N-ethyl adjacent to an activating group) is 1. The van der Waals surface area contributed by atoms with Gasteiger partial charge in [-0.05, 0) is 32.4 Å². The highest BCUT2D eigenvalue weighted by Gasteiger charge is 2.34. The van der Waals surface area contributed by atoms with Crippen LogP contribution in [0.3, 0.4) is 0 Å². The fourth-order valence-corrected chi connectivity index (χ4v) is 3.18. The summed E-state index contributed by atoms with van der Waals surface area (Å²) in [4.78, 5) is 9.08. The molecule has 3 rings (SSSR count). The van der Waals surface area contributed by atoms with Gasteiger partial charge in [-0.25, -0.2) is 4.98 Å². The summed E-state index contributed by atoms with van der Waals surface area (Å²) < 4.78 is 0. The van der Waals surface area contributed by atoms with E-state index in [0.717, 1.165) is 19.1 Å². The van der Waals surface area contributed by atoms with Gasteiger partial charge in [0.15, 0.2) is 0 Å². The Morgan fingerprint density at radius 1 is 1.29 bits per heavy atom. The topological polar surface area (TPSA) is 45.4 Å². The van der Waals surface area contributed by atoms with E-state index in [0.29, 0.717) is 11.9 Å². The van der Waals surface area contributed by atoms with E-state index in [-0.39, 0.29) is 0 Å². The lowest BCUT2D eigenvalue weighted by Crippen LogP contribution is -2.36. The highest BCUT2D eigenvalue weighted by molar-refractivity contribution is 5.52. The molecule has 4 heteroatoms. The van der Waals surface area contributed by atoms with E-state index in [1.54, 1.807) is 6.20 Å². The predicted molar refractivity (Wildman–Crippen MR) is 70.1 cm³/mol. The van der Waals surface area contributed by atoms with Crippen LogP contribution in [0.2, 0.25) is 0 Å². The molecule has 3 heterocycles. The van der Waals surface area contributed by atoms with Crippen LogP contribution in [0.4, 0.5) is 11.5 Å². The molecule has 1 aromatic heterocycles. The lowest BCUT2D eigenvalue weighted by molar-refractivity contribution is 0.254. The Labute approximate surface area is 102 Å². The number of hydrogen-bond donors (Lipinski definition) is 1. The first-order valence-electron chi connectivity index (χ1n) is 6.42. The van der Waals surface area contributed by atoms with Crippen molar-refractivity contribution in [2.75, 3.05) is 30.8 Å². The highest BCUT2D eigenvalue weighted by atomic mass is 15.3. The Bertz CT molecular complexity index is 406. The molecule has 2 atom stereocenters. The molecule has 2 saturated heterocycles. The fourth-order valence-electron chi connectivity index (χ4n) is 3.18. The van der Waals surface area contributed by atoms with Gasteiger partial charge in [0.05, 0.1) is 0 Å². The zero-order valence-electron chi connectivity index (χ0n) is 10.3. The number of pyridine rings is 1. The van der Waals surface area contributed by atoms with Crippen LogP contribution in [-0.2, 0) is 0 Å². The summed E-state index contributed by atoms with van der Waals surface area (Å²) in [5.74, 6) is 0.616. The van der Waals surface area contributed by atoms with Crippen molar-refractivity contribution in [2.45, 2.75) is 31.3 Å². The highest BCUT2D eigenvalue weighted by Crippen LogP contribution is 2.30. The summed E-state index contributed by atoms with van der Waals surface area (Å²) in [5, 5.41) is 0. The van der Waals surface area contributed by atoms with E-state index in [4.69, 9.17) is 5.73 Å². The van der Waals surface area contributed by atoms with Crippen molar-refractivity contribution >= 4 is 11.5 Å². The summed E-state index contributed by atoms with van der Waals surface area (Å²) in [7, 11) is 2.27. The molecule has 0 saturated carbocycles. The van der Waals surface area contributed by atoms with Gasteiger partial charge in [0.25, 0.3) is 0 Å². The van der Waals surface area contributed by atoms with Crippen LogP contribution < -0.4 is 10.6 Å². The van der Waals surface area contributed by atoms with Crippen molar-refractivity contribution < 1.29 is 0 Å². The SMILES string of the molecule is CN1C2CCC1CN(c1ccnc(N)c1)CC2. The molecular weight excluding hydrogens is 212 g/mol. The van der Waals surface area contributed by atoms with E-state index in [9.17, 15) is 0 Å². The van der Waals surface area contributed by atoms with Crippen molar-refractivity contribution in [3.63, 3.8) is 0 Å². The second kappa shape index (κ2) is 4.18. The van der Waals surface area contributed by atoms with Crippen LogP contribution in [0.1, 0.15) is 19.3 Å². The quantitative estimate of drug-likeness (QED) is 0.793. The predicted octanol–water partition coefficient (Wildman–Crippen LogP) is 1.34. The molecule has 0 spiro atoms. The van der Waals surface area contributed by atoms with E-state index < -0.39 is 0 Å². The maximum Gasteiger partial charge on any atom is 0.125 e. The number of nitrogens with zero attached hydrogens (tertiary/aromatic N) is 3. The minimum Gasteiger partial charge on any atom is -0.384 e. The van der Waals surface area contributed by atoms with Crippen molar-refractivity contribution in [1.82, 2.24) is 9.88 Å². The molecule has 17 heavy (non-hydrogen) atoms. The Morgan fingerprint density at radius 3 is 2.94 bits per heavy atom. The lowest BCUT2D eigenvalue weighted by atomic mass is 10.1. The van der Waals surface area contributed by atoms with Crippen molar-refractivity contribution in [2.24, 2.45) is 0 Å². The average molecular weight is 232 g/mol. The third kappa shape index (κ3) is 1.97. The van der Waals surface area contributed by atoms with Gasteiger partial charge in [-0.1, -0.05) is 0 Å². The third-order valence-electron chi connectivity index (χ3n) is 4.28. The van der Waals surface area contributed by atoms with Crippen molar-refractivity contribution in [3.05, 3.63) is 18.3 Å². The lowest BCUT2D eigenvalue weighted by Gasteiger charge is -2.27. The molecular formula is C13H20N4. The molecule has 4 nitrogen and oxygen atoms in total. The van der Waals surface area contributed by atoms with Crippen LogP contribution in [0.15, 0.2) is 18.3 Å². The van der Waals surface area contributed by atoms with E-state index in [2.05, 4.69) is 27.9 Å². The van der Waals surface area contributed by atoms with Gasteiger partial charge in [0, 0.05) is 43.1 Å². The molecule has 0 aliphatic carbocycles. The van der Waals surface area contributed by atoms with Gasteiger partial charge in [0.1, 0.15) is 5.82 Å². The molecule has 0 aromatic carbocycles. The number of nitrogen functional groups attached to an aromatic ring is 1. The Hall–Kier alpha value is -1.29. The molecule has 2 aliphatic heterocycles. The average Bonchev–Trinajstić information content (AvgIpc) is 2.53. The first-order valence-corrected chi connectivity index (χ1v) is 6.42. The minimum absolute atomic E-state index is 0.616. The first-order chi connectivity index (χ1) is 8.24.